The van der Waals surface area contributed by atoms with E-state index in [-0.39, 0.29) is 30.6 Å². The summed E-state index contributed by atoms with van der Waals surface area (Å²) in [7, 11) is 0. The van der Waals surface area contributed by atoms with Crippen LogP contribution in [0.2, 0.25) is 0 Å². The average molecular weight is 413 g/mol. The van der Waals surface area contributed by atoms with Crippen LogP contribution in [0, 0.1) is 11.3 Å². The van der Waals surface area contributed by atoms with Crippen LogP contribution in [0.3, 0.4) is 0 Å². The summed E-state index contributed by atoms with van der Waals surface area (Å²) in [5.41, 5.74) is 0.339. The van der Waals surface area contributed by atoms with Gasteiger partial charge in [0.2, 0.25) is 0 Å². The van der Waals surface area contributed by atoms with Gasteiger partial charge in [0.15, 0.2) is 5.96 Å². The molecule has 5 heteroatoms. The summed E-state index contributed by atoms with van der Waals surface area (Å²) in [6.07, 6.45) is 4.24. The van der Waals surface area contributed by atoms with Crippen LogP contribution in [0.1, 0.15) is 60.3 Å². The number of aliphatic hydroxyl groups excluding tert-OH is 1. The molecule has 0 aliphatic heterocycles. The smallest absolute Gasteiger partial charge is 0.191 e. The number of nitrogens with one attached hydrogen (secondary N) is 2. The molecule has 0 saturated carbocycles. The molecule has 0 fully saturated rings. The van der Waals surface area contributed by atoms with E-state index in [9.17, 15) is 0 Å². The van der Waals surface area contributed by atoms with Crippen LogP contribution in [0.5, 0.6) is 0 Å². The van der Waals surface area contributed by atoms with Crippen molar-refractivity contribution in [3.63, 3.8) is 0 Å². The second-order valence-corrected chi connectivity index (χ2v) is 6.62. The van der Waals surface area contributed by atoms with Crippen molar-refractivity contribution in [2.75, 3.05) is 26.2 Å². The molecule has 0 heterocycles. The van der Waals surface area contributed by atoms with Gasteiger partial charge in [0.1, 0.15) is 0 Å². The molecule has 4 nitrogen and oxygen atoms in total. The number of nitrogens with zero attached hydrogens (tertiary/aromatic N) is 1. The largest absolute Gasteiger partial charge is 0.396 e. The first-order chi connectivity index (χ1) is 9.42. The maximum atomic E-state index is 9.08. The second-order valence-electron chi connectivity index (χ2n) is 6.62. The Labute approximate surface area is 148 Å². The predicted molar refractivity (Wildman–Crippen MR) is 104 cm³/mol. The van der Waals surface area contributed by atoms with Gasteiger partial charge in [-0.1, -0.05) is 34.1 Å². The molecule has 3 N–H and O–H groups in total. The van der Waals surface area contributed by atoms with Gasteiger partial charge in [-0.25, -0.2) is 0 Å². The summed E-state index contributed by atoms with van der Waals surface area (Å²) in [4.78, 5) is 4.65. The molecule has 0 aromatic heterocycles. The van der Waals surface area contributed by atoms with Crippen molar-refractivity contribution in [2.45, 2.75) is 60.3 Å². The van der Waals surface area contributed by atoms with Gasteiger partial charge in [-0.15, -0.1) is 24.0 Å². The molecule has 0 aromatic rings. The Kier molecular flexibility index (Phi) is 15.1. The molecule has 0 bridgehead atoms. The lowest BCUT2D eigenvalue weighted by Crippen LogP contribution is -2.39. The highest BCUT2D eigenvalue weighted by Crippen LogP contribution is 2.16. The van der Waals surface area contributed by atoms with Gasteiger partial charge < -0.3 is 15.7 Å². The first-order valence-corrected chi connectivity index (χ1v) is 8.06. The highest BCUT2D eigenvalue weighted by atomic mass is 127. The number of guanidine groups is 1. The van der Waals surface area contributed by atoms with Crippen LogP contribution in [0.15, 0.2) is 4.99 Å². The average Bonchev–Trinajstić information content (AvgIpc) is 2.34. The Hall–Kier alpha value is -0.0400. The molecule has 0 spiro atoms. The summed E-state index contributed by atoms with van der Waals surface area (Å²) < 4.78 is 0. The Balaban J connectivity index is 0. The van der Waals surface area contributed by atoms with Crippen molar-refractivity contribution in [2.24, 2.45) is 16.3 Å². The van der Waals surface area contributed by atoms with Crippen LogP contribution in [-0.4, -0.2) is 37.3 Å². The third kappa shape index (κ3) is 14.7. The number of hydrogen-bond donors (Lipinski definition) is 3. The summed E-state index contributed by atoms with van der Waals surface area (Å²) >= 11 is 0. The van der Waals surface area contributed by atoms with Crippen LogP contribution >= 0.6 is 24.0 Å². The second kappa shape index (κ2) is 13.6. The fourth-order valence-electron chi connectivity index (χ4n) is 2.04. The molecule has 0 amide bonds. The van der Waals surface area contributed by atoms with E-state index in [0.717, 1.165) is 51.3 Å². The highest BCUT2D eigenvalue weighted by molar-refractivity contribution is 14.0. The summed E-state index contributed by atoms with van der Waals surface area (Å²) in [5, 5.41) is 15.8. The van der Waals surface area contributed by atoms with E-state index in [1.165, 1.54) is 0 Å². The van der Waals surface area contributed by atoms with Gasteiger partial charge in [0.05, 0.1) is 0 Å². The van der Waals surface area contributed by atoms with Gasteiger partial charge in [-0.05, 0) is 37.5 Å². The number of aliphatic imine (C=N–C) groups is 1. The maximum Gasteiger partial charge on any atom is 0.191 e. The number of rotatable bonds is 9. The Morgan fingerprint density at radius 2 is 1.81 bits per heavy atom. The molecule has 128 valence electrons. The molecular formula is C16H36IN3O. The lowest BCUT2D eigenvalue weighted by atomic mass is 9.92. The molecule has 0 rings (SSSR count). The molecule has 1 unspecified atom stereocenters. The number of aliphatic hydroxyl groups is 1. The Morgan fingerprint density at radius 3 is 2.29 bits per heavy atom. The van der Waals surface area contributed by atoms with Gasteiger partial charge >= 0.3 is 0 Å². The van der Waals surface area contributed by atoms with Gasteiger partial charge in [0.25, 0.3) is 0 Å². The number of halogens is 1. The van der Waals surface area contributed by atoms with E-state index < -0.39 is 0 Å². The van der Waals surface area contributed by atoms with E-state index in [1.54, 1.807) is 0 Å². The fourth-order valence-corrected chi connectivity index (χ4v) is 2.04. The van der Waals surface area contributed by atoms with E-state index in [4.69, 9.17) is 5.11 Å². The zero-order chi connectivity index (χ0) is 15.4. The fraction of sp³-hybridized carbons (Fsp3) is 0.938. The van der Waals surface area contributed by atoms with Crippen molar-refractivity contribution >= 4 is 29.9 Å². The lowest BCUT2D eigenvalue weighted by molar-refractivity contribution is 0.253. The van der Waals surface area contributed by atoms with Crippen molar-refractivity contribution in [1.29, 1.82) is 0 Å². The molecule has 0 aromatic carbocycles. The third-order valence-corrected chi connectivity index (χ3v) is 3.25. The van der Waals surface area contributed by atoms with Crippen molar-refractivity contribution < 1.29 is 5.11 Å². The van der Waals surface area contributed by atoms with E-state index in [0.29, 0.717) is 11.3 Å². The Morgan fingerprint density at radius 1 is 1.14 bits per heavy atom. The summed E-state index contributed by atoms with van der Waals surface area (Å²) in [6.45, 7) is 13.9. The van der Waals surface area contributed by atoms with E-state index in [2.05, 4.69) is 50.2 Å². The number of hydrogen-bond acceptors (Lipinski definition) is 2. The lowest BCUT2D eigenvalue weighted by Gasteiger charge is -2.20. The Bertz CT molecular complexity index is 259. The SMILES string of the molecule is CCCC(CCO)CN=C(NCC)NCCC(C)(C)C.I. The van der Waals surface area contributed by atoms with Crippen molar-refractivity contribution in [3.05, 3.63) is 0 Å². The van der Waals surface area contributed by atoms with Crippen molar-refractivity contribution in [3.8, 4) is 0 Å². The molecule has 0 aliphatic carbocycles. The van der Waals surface area contributed by atoms with E-state index in [1.807, 2.05) is 0 Å². The quantitative estimate of drug-likeness (QED) is 0.309. The molecule has 1 atom stereocenters. The van der Waals surface area contributed by atoms with Crippen LogP contribution < -0.4 is 10.6 Å². The molecule has 0 aliphatic rings. The minimum Gasteiger partial charge on any atom is -0.396 e. The maximum absolute atomic E-state index is 9.08. The molecule has 0 saturated heterocycles. The van der Waals surface area contributed by atoms with Gasteiger partial charge in [0, 0.05) is 26.2 Å². The van der Waals surface area contributed by atoms with E-state index >= 15 is 0 Å². The molecule has 0 radical (unpaired) electrons. The zero-order valence-corrected chi connectivity index (χ0v) is 16.9. The van der Waals surface area contributed by atoms with Crippen molar-refractivity contribution in [1.82, 2.24) is 10.6 Å². The first kappa shape index (κ1) is 23.2. The van der Waals surface area contributed by atoms with Crippen LogP contribution in [-0.2, 0) is 0 Å². The normalized spacial score (nSPS) is 13.5. The van der Waals surface area contributed by atoms with Crippen LogP contribution in [0.25, 0.3) is 0 Å². The predicted octanol–water partition coefficient (Wildman–Crippen LogP) is 3.39. The van der Waals surface area contributed by atoms with Gasteiger partial charge in [-0.3, -0.25) is 4.99 Å². The topological polar surface area (TPSA) is 56.7 Å². The van der Waals surface area contributed by atoms with Crippen LogP contribution in [0.4, 0.5) is 0 Å². The molecular weight excluding hydrogens is 377 g/mol. The summed E-state index contributed by atoms with van der Waals surface area (Å²) in [6, 6.07) is 0. The zero-order valence-electron chi connectivity index (χ0n) is 14.5. The molecule has 21 heavy (non-hydrogen) atoms. The third-order valence-electron chi connectivity index (χ3n) is 3.25. The highest BCUT2D eigenvalue weighted by Gasteiger charge is 2.10. The monoisotopic (exact) mass is 413 g/mol. The minimum atomic E-state index is 0. The standard InChI is InChI=1S/C16H35N3O.HI/c1-6-8-14(9-12-20)13-19-15(17-7-2)18-11-10-16(3,4)5;/h14,20H,6-13H2,1-5H3,(H2,17,18,19);1H. The summed E-state index contributed by atoms with van der Waals surface area (Å²) in [5.74, 6) is 1.39. The minimum absolute atomic E-state index is 0. The first-order valence-electron chi connectivity index (χ1n) is 8.06. The van der Waals surface area contributed by atoms with Gasteiger partial charge in [-0.2, -0.15) is 0 Å².